The van der Waals surface area contributed by atoms with Gasteiger partial charge in [-0.25, -0.2) is 5.01 Å². The number of hydrogen-bond acceptors (Lipinski definition) is 5. The lowest BCUT2D eigenvalue weighted by Gasteiger charge is -2.28. The third-order valence-electron chi connectivity index (χ3n) is 4.65. The van der Waals surface area contributed by atoms with Gasteiger partial charge in [-0.3, -0.25) is 9.69 Å². The zero-order chi connectivity index (χ0) is 16.4. The van der Waals surface area contributed by atoms with Crippen LogP contribution in [0, 0.1) is 0 Å². The summed E-state index contributed by atoms with van der Waals surface area (Å²) >= 11 is 1.66. The summed E-state index contributed by atoms with van der Waals surface area (Å²) in [5, 5.41) is 8.34. The predicted molar refractivity (Wildman–Crippen MR) is 94.1 cm³/mol. The molecule has 1 unspecified atom stereocenters. The minimum absolute atomic E-state index is 0.0601. The largest absolute Gasteiger partial charge is 0.467 e. The monoisotopic (exact) mass is 343 g/mol. The second-order valence-electron chi connectivity index (χ2n) is 6.33. The number of rotatable bonds is 4. The average molecular weight is 343 g/mol. The molecule has 0 bridgehead atoms. The number of carbonyl (C=O) groups excluding carboxylic acids is 1. The molecule has 0 radical (unpaired) electrons. The number of furan rings is 1. The van der Waals surface area contributed by atoms with Gasteiger partial charge in [0.2, 0.25) is 0 Å². The van der Waals surface area contributed by atoms with Crippen molar-refractivity contribution in [3.63, 3.8) is 0 Å². The van der Waals surface area contributed by atoms with E-state index in [0.29, 0.717) is 13.0 Å². The van der Waals surface area contributed by atoms with Crippen molar-refractivity contribution in [2.45, 2.75) is 31.7 Å². The Bertz CT molecular complexity index is 703. The molecule has 6 heteroatoms. The average Bonchev–Trinajstić information content (AvgIpc) is 3.35. The summed E-state index contributed by atoms with van der Waals surface area (Å²) in [5.74, 6) is 0.863. The molecular formula is C18H21N3O2S. The van der Waals surface area contributed by atoms with Crippen molar-refractivity contribution >= 4 is 23.0 Å². The molecule has 2 aliphatic heterocycles. The van der Waals surface area contributed by atoms with Gasteiger partial charge in [0.05, 0.1) is 23.4 Å². The molecule has 4 rings (SSSR count). The van der Waals surface area contributed by atoms with E-state index in [2.05, 4.69) is 16.1 Å². The summed E-state index contributed by atoms with van der Waals surface area (Å²) in [6, 6.07) is 7.74. The topological polar surface area (TPSA) is 49.1 Å². The third kappa shape index (κ3) is 3.16. The standard InChI is InChI=1S/C18H21N3O2S/c22-18(13-20-8-2-1-3-9-20)21-15(16-6-4-10-23-16)12-14(19-21)17-7-5-11-24-17/h4-7,10-11,15H,1-3,8-9,12-13H2. The van der Waals surface area contributed by atoms with Gasteiger partial charge in [-0.05, 0) is 49.5 Å². The number of hydrogen-bond donors (Lipinski definition) is 0. The van der Waals surface area contributed by atoms with Crippen molar-refractivity contribution in [1.29, 1.82) is 0 Å². The molecule has 1 saturated heterocycles. The maximum Gasteiger partial charge on any atom is 0.257 e. The minimum atomic E-state index is -0.130. The number of likely N-dealkylation sites (tertiary alicyclic amines) is 1. The van der Waals surface area contributed by atoms with E-state index >= 15 is 0 Å². The zero-order valence-corrected chi connectivity index (χ0v) is 14.4. The molecule has 0 spiro atoms. The molecule has 0 aromatic carbocycles. The van der Waals surface area contributed by atoms with Gasteiger partial charge in [-0.2, -0.15) is 5.10 Å². The Morgan fingerprint density at radius 2 is 2.12 bits per heavy atom. The normalized spacial score (nSPS) is 21.9. The molecule has 24 heavy (non-hydrogen) atoms. The van der Waals surface area contributed by atoms with Crippen LogP contribution in [0.5, 0.6) is 0 Å². The lowest BCUT2D eigenvalue weighted by molar-refractivity contribution is -0.134. The van der Waals surface area contributed by atoms with Gasteiger partial charge in [-0.1, -0.05) is 12.5 Å². The third-order valence-corrected chi connectivity index (χ3v) is 5.57. The number of piperidine rings is 1. The Kier molecular flexibility index (Phi) is 4.49. The molecule has 1 fully saturated rings. The molecule has 0 N–H and O–H groups in total. The van der Waals surface area contributed by atoms with Crippen LogP contribution in [-0.4, -0.2) is 41.2 Å². The van der Waals surface area contributed by atoms with Crippen LogP contribution in [0.1, 0.15) is 42.4 Å². The van der Waals surface area contributed by atoms with Gasteiger partial charge < -0.3 is 4.42 Å². The minimum Gasteiger partial charge on any atom is -0.467 e. The zero-order valence-electron chi connectivity index (χ0n) is 13.6. The fourth-order valence-electron chi connectivity index (χ4n) is 3.42. The van der Waals surface area contributed by atoms with E-state index in [4.69, 9.17) is 4.42 Å². The first kappa shape index (κ1) is 15.6. The molecule has 0 aliphatic carbocycles. The lowest BCUT2D eigenvalue weighted by atomic mass is 10.1. The number of thiophene rings is 1. The van der Waals surface area contributed by atoms with Gasteiger partial charge in [0.15, 0.2) is 0 Å². The first-order chi connectivity index (χ1) is 11.8. The Morgan fingerprint density at radius 3 is 2.83 bits per heavy atom. The maximum absolute atomic E-state index is 12.9. The van der Waals surface area contributed by atoms with Gasteiger partial charge in [0.25, 0.3) is 5.91 Å². The predicted octanol–water partition coefficient (Wildman–Crippen LogP) is 3.50. The van der Waals surface area contributed by atoms with Gasteiger partial charge >= 0.3 is 0 Å². The summed E-state index contributed by atoms with van der Waals surface area (Å²) in [6.45, 7) is 2.46. The first-order valence-electron chi connectivity index (χ1n) is 8.50. The molecule has 1 amide bonds. The van der Waals surface area contributed by atoms with Crippen LogP contribution < -0.4 is 0 Å². The van der Waals surface area contributed by atoms with Crippen LogP contribution in [0.2, 0.25) is 0 Å². The summed E-state index contributed by atoms with van der Waals surface area (Å²) in [4.78, 5) is 16.2. The van der Waals surface area contributed by atoms with E-state index in [1.807, 2.05) is 23.6 Å². The highest BCUT2D eigenvalue weighted by molar-refractivity contribution is 7.12. The Hall–Kier alpha value is -1.92. The lowest BCUT2D eigenvalue weighted by Crippen LogP contribution is -2.40. The van der Waals surface area contributed by atoms with Crippen molar-refractivity contribution in [3.8, 4) is 0 Å². The molecule has 5 nitrogen and oxygen atoms in total. The van der Waals surface area contributed by atoms with Crippen molar-refractivity contribution < 1.29 is 9.21 Å². The highest BCUT2D eigenvalue weighted by atomic mass is 32.1. The van der Waals surface area contributed by atoms with E-state index in [0.717, 1.165) is 29.4 Å². The van der Waals surface area contributed by atoms with E-state index in [1.165, 1.54) is 19.3 Å². The van der Waals surface area contributed by atoms with Gasteiger partial charge in [0, 0.05) is 6.42 Å². The quantitative estimate of drug-likeness (QED) is 0.854. The fourth-order valence-corrected chi connectivity index (χ4v) is 4.14. The van der Waals surface area contributed by atoms with E-state index in [1.54, 1.807) is 22.6 Å². The van der Waals surface area contributed by atoms with Crippen LogP contribution in [0.15, 0.2) is 45.4 Å². The number of hydrazone groups is 1. The van der Waals surface area contributed by atoms with Crippen LogP contribution in [-0.2, 0) is 4.79 Å². The molecule has 2 aliphatic rings. The molecule has 2 aromatic rings. The molecule has 4 heterocycles. The second kappa shape index (κ2) is 6.91. The highest BCUT2D eigenvalue weighted by Gasteiger charge is 2.35. The fraction of sp³-hybridized carbons (Fsp3) is 0.444. The van der Waals surface area contributed by atoms with Crippen molar-refractivity contribution in [2.75, 3.05) is 19.6 Å². The SMILES string of the molecule is O=C(CN1CCCCC1)N1N=C(c2cccs2)CC1c1ccco1. The van der Waals surface area contributed by atoms with Crippen LogP contribution in [0.25, 0.3) is 0 Å². The maximum atomic E-state index is 12.9. The Balaban J connectivity index is 1.55. The highest BCUT2D eigenvalue weighted by Crippen LogP contribution is 2.34. The Morgan fingerprint density at radius 1 is 1.25 bits per heavy atom. The van der Waals surface area contributed by atoms with Crippen molar-refractivity contribution in [1.82, 2.24) is 9.91 Å². The summed E-state index contributed by atoms with van der Waals surface area (Å²) in [6.07, 6.45) is 5.99. The molecule has 0 saturated carbocycles. The van der Waals surface area contributed by atoms with E-state index in [9.17, 15) is 4.79 Å². The van der Waals surface area contributed by atoms with Crippen LogP contribution >= 0.6 is 11.3 Å². The van der Waals surface area contributed by atoms with Crippen LogP contribution in [0.4, 0.5) is 0 Å². The summed E-state index contributed by atoms with van der Waals surface area (Å²) in [5.41, 5.74) is 0.971. The van der Waals surface area contributed by atoms with Crippen molar-refractivity contribution in [3.05, 3.63) is 46.5 Å². The number of nitrogens with zero attached hydrogens (tertiary/aromatic N) is 3. The molecule has 126 valence electrons. The van der Waals surface area contributed by atoms with Gasteiger partial charge in [0.1, 0.15) is 11.8 Å². The molecule has 2 aromatic heterocycles. The molecular weight excluding hydrogens is 322 g/mol. The van der Waals surface area contributed by atoms with Crippen LogP contribution in [0.3, 0.4) is 0 Å². The molecule has 1 atom stereocenters. The van der Waals surface area contributed by atoms with Gasteiger partial charge in [-0.15, -0.1) is 11.3 Å². The second-order valence-corrected chi connectivity index (χ2v) is 7.28. The van der Waals surface area contributed by atoms with E-state index < -0.39 is 0 Å². The summed E-state index contributed by atoms with van der Waals surface area (Å²) < 4.78 is 5.58. The first-order valence-corrected chi connectivity index (χ1v) is 9.38. The number of amides is 1. The van der Waals surface area contributed by atoms with E-state index in [-0.39, 0.29) is 11.9 Å². The van der Waals surface area contributed by atoms with Crippen molar-refractivity contribution in [2.24, 2.45) is 5.10 Å². The summed E-state index contributed by atoms with van der Waals surface area (Å²) in [7, 11) is 0. The number of carbonyl (C=O) groups is 1. The Labute approximate surface area is 145 Å². The smallest absolute Gasteiger partial charge is 0.257 e.